The van der Waals surface area contributed by atoms with Crippen LogP contribution in [0.3, 0.4) is 0 Å². The summed E-state index contributed by atoms with van der Waals surface area (Å²) in [5.74, 6) is -0.332. The highest BCUT2D eigenvalue weighted by atomic mass is 16.5. The van der Waals surface area contributed by atoms with Gasteiger partial charge in [0.15, 0.2) is 0 Å². The monoisotopic (exact) mass is 372 g/mol. The van der Waals surface area contributed by atoms with Crippen molar-refractivity contribution in [1.29, 1.82) is 0 Å². The molecule has 0 saturated carbocycles. The molecule has 0 bridgehead atoms. The Hall–Kier alpha value is -3.00. The van der Waals surface area contributed by atoms with Crippen LogP contribution in [-0.4, -0.2) is 48.7 Å². The maximum Gasteiger partial charge on any atom is 0.338 e. The second-order valence-electron chi connectivity index (χ2n) is 5.74. The number of nitrogens with one attached hydrogen (secondary N) is 2. The molecule has 1 aromatic carbocycles. The van der Waals surface area contributed by atoms with E-state index in [-0.39, 0.29) is 17.6 Å². The topological polar surface area (TPSA) is 102 Å². The van der Waals surface area contributed by atoms with Gasteiger partial charge in [-0.2, -0.15) is 0 Å². The third kappa shape index (κ3) is 6.34. The van der Waals surface area contributed by atoms with E-state index in [0.29, 0.717) is 42.7 Å². The van der Waals surface area contributed by atoms with Crippen LogP contribution in [0.2, 0.25) is 0 Å². The molecule has 0 unspecified atom stereocenters. The van der Waals surface area contributed by atoms with E-state index in [1.54, 1.807) is 51.3 Å². The summed E-state index contributed by atoms with van der Waals surface area (Å²) in [6, 6.07) is 8.38. The van der Waals surface area contributed by atoms with Gasteiger partial charge in [0, 0.05) is 31.6 Å². The van der Waals surface area contributed by atoms with Gasteiger partial charge in [-0.1, -0.05) is 0 Å². The Bertz CT molecular complexity index is 778. The molecule has 1 heterocycles. The summed E-state index contributed by atoms with van der Waals surface area (Å²) in [7, 11) is 1.62. The van der Waals surface area contributed by atoms with Crippen molar-refractivity contribution >= 4 is 23.5 Å². The highest BCUT2D eigenvalue weighted by Crippen LogP contribution is 2.15. The summed E-state index contributed by atoms with van der Waals surface area (Å²) in [4.78, 5) is 32.5. The molecule has 144 valence electrons. The Morgan fingerprint density at radius 3 is 2.56 bits per heavy atom. The number of hydrogen-bond donors (Lipinski definition) is 2. The number of carbonyl (C=O) groups excluding carboxylic acids is 2. The number of anilines is 2. The van der Waals surface area contributed by atoms with E-state index in [0.717, 1.165) is 6.42 Å². The third-order valence-corrected chi connectivity index (χ3v) is 3.55. The van der Waals surface area contributed by atoms with E-state index in [1.807, 2.05) is 0 Å². The Kier molecular flexibility index (Phi) is 7.69. The van der Waals surface area contributed by atoms with Crippen LogP contribution in [0.5, 0.6) is 0 Å². The van der Waals surface area contributed by atoms with Crippen LogP contribution >= 0.6 is 0 Å². The van der Waals surface area contributed by atoms with E-state index in [4.69, 9.17) is 9.47 Å². The zero-order chi connectivity index (χ0) is 19.6. The van der Waals surface area contributed by atoms with Gasteiger partial charge in [0.05, 0.1) is 12.2 Å². The second kappa shape index (κ2) is 10.2. The fourth-order valence-corrected chi connectivity index (χ4v) is 2.28. The van der Waals surface area contributed by atoms with Crippen LogP contribution in [0.15, 0.2) is 30.3 Å². The first-order valence-electron chi connectivity index (χ1n) is 8.70. The van der Waals surface area contributed by atoms with Gasteiger partial charge in [-0.25, -0.2) is 14.8 Å². The van der Waals surface area contributed by atoms with Crippen molar-refractivity contribution < 1.29 is 19.1 Å². The van der Waals surface area contributed by atoms with Crippen molar-refractivity contribution in [3.63, 3.8) is 0 Å². The van der Waals surface area contributed by atoms with Crippen LogP contribution in [0.1, 0.15) is 39.9 Å². The Morgan fingerprint density at radius 1 is 1.15 bits per heavy atom. The molecule has 0 atom stereocenters. The minimum Gasteiger partial charge on any atom is -0.462 e. The second-order valence-corrected chi connectivity index (χ2v) is 5.74. The zero-order valence-corrected chi connectivity index (χ0v) is 15.7. The first-order valence-corrected chi connectivity index (χ1v) is 8.70. The molecule has 0 aliphatic rings. The fraction of sp³-hybridized carbons (Fsp3) is 0.368. The van der Waals surface area contributed by atoms with E-state index in [2.05, 4.69) is 20.6 Å². The quantitative estimate of drug-likeness (QED) is 0.515. The summed E-state index contributed by atoms with van der Waals surface area (Å²) in [6.07, 6.45) is 0.726. The average Bonchev–Trinajstić information content (AvgIpc) is 2.65. The summed E-state index contributed by atoms with van der Waals surface area (Å²) >= 11 is 0. The number of esters is 1. The minimum absolute atomic E-state index is 0.266. The van der Waals surface area contributed by atoms with Crippen molar-refractivity contribution in [2.24, 2.45) is 0 Å². The number of amides is 1. The van der Waals surface area contributed by atoms with Gasteiger partial charge in [0.2, 0.25) is 5.95 Å². The van der Waals surface area contributed by atoms with Gasteiger partial charge in [-0.05, 0) is 50.6 Å². The number of aryl methyl sites for hydroxylation is 1. The molecule has 2 N–H and O–H groups in total. The van der Waals surface area contributed by atoms with Crippen molar-refractivity contribution in [3.8, 4) is 0 Å². The van der Waals surface area contributed by atoms with Crippen LogP contribution in [-0.2, 0) is 9.47 Å². The predicted molar refractivity (Wildman–Crippen MR) is 101 cm³/mol. The molecule has 1 amide bonds. The van der Waals surface area contributed by atoms with Crippen molar-refractivity contribution in [2.45, 2.75) is 20.3 Å². The zero-order valence-electron chi connectivity index (χ0n) is 15.7. The SMILES string of the molecule is CCOC(=O)c1ccc(Nc2nc(C)cc(C(=O)NCCCOC)n2)cc1. The standard InChI is InChI=1S/C19H24N4O4/c1-4-27-18(25)14-6-8-15(9-7-14)22-19-21-13(2)12-16(23-19)17(24)20-10-5-11-26-3/h6-9,12H,4-5,10-11H2,1-3H3,(H,20,24)(H,21,22,23). The molecule has 0 radical (unpaired) electrons. The van der Waals surface area contributed by atoms with Crippen LogP contribution < -0.4 is 10.6 Å². The molecule has 0 fully saturated rings. The lowest BCUT2D eigenvalue weighted by atomic mass is 10.2. The molecule has 1 aromatic heterocycles. The normalized spacial score (nSPS) is 10.3. The summed E-state index contributed by atoms with van der Waals surface area (Å²) < 4.78 is 9.91. The average molecular weight is 372 g/mol. The molecule has 27 heavy (non-hydrogen) atoms. The fourth-order valence-electron chi connectivity index (χ4n) is 2.28. The first-order chi connectivity index (χ1) is 13.0. The molecule has 8 heteroatoms. The number of benzene rings is 1. The number of ether oxygens (including phenoxy) is 2. The lowest BCUT2D eigenvalue weighted by Crippen LogP contribution is -2.26. The highest BCUT2D eigenvalue weighted by molar-refractivity contribution is 5.92. The van der Waals surface area contributed by atoms with Crippen LogP contribution in [0, 0.1) is 6.92 Å². The summed E-state index contributed by atoms with van der Waals surface area (Å²) in [5.41, 5.74) is 2.10. The Labute approximate surface area is 158 Å². The molecule has 0 spiro atoms. The van der Waals surface area contributed by atoms with Gasteiger partial charge >= 0.3 is 5.97 Å². The van der Waals surface area contributed by atoms with Crippen molar-refractivity contribution in [2.75, 3.05) is 32.2 Å². The predicted octanol–water partition coefficient (Wildman–Crippen LogP) is 2.47. The lowest BCUT2D eigenvalue weighted by Gasteiger charge is -2.09. The molecule has 2 rings (SSSR count). The van der Waals surface area contributed by atoms with Crippen LogP contribution in [0.4, 0.5) is 11.6 Å². The number of carbonyl (C=O) groups is 2. The smallest absolute Gasteiger partial charge is 0.338 e. The Morgan fingerprint density at radius 2 is 1.89 bits per heavy atom. The molecule has 0 aliphatic carbocycles. The number of aromatic nitrogens is 2. The first kappa shape index (κ1) is 20.3. The van der Waals surface area contributed by atoms with E-state index in [1.165, 1.54) is 0 Å². The lowest BCUT2D eigenvalue weighted by molar-refractivity contribution is 0.0526. The van der Waals surface area contributed by atoms with Gasteiger partial charge < -0.3 is 20.1 Å². The number of methoxy groups -OCH3 is 1. The van der Waals surface area contributed by atoms with Crippen molar-refractivity contribution in [1.82, 2.24) is 15.3 Å². The molecule has 8 nitrogen and oxygen atoms in total. The van der Waals surface area contributed by atoms with Gasteiger partial charge in [0.1, 0.15) is 5.69 Å². The Balaban J connectivity index is 2.05. The molecule has 0 aliphatic heterocycles. The van der Waals surface area contributed by atoms with E-state index < -0.39 is 0 Å². The highest BCUT2D eigenvalue weighted by Gasteiger charge is 2.11. The van der Waals surface area contributed by atoms with Gasteiger partial charge in [-0.3, -0.25) is 4.79 Å². The van der Waals surface area contributed by atoms with Gasteiger partial charge in [0.25, 0.3) is 5.91 Å². The summed E-state index contributed by atoms with van der Waals surface area (Å²) in [6.45, 7) is 4.96. The van der Waals surface area contributed by atoms with Crippen LogP contribution in [0.25, 0.3) is 0 Å². The number of rotatable bonds is 9. The maximum atomic E-state index is 12.2. The van der Waals surface area contributed by atoms with Crippen molar-refractivity contribution in [3.05, 3.63) is 47.3 Å². The third-order valence-electron chi connectivity index (χ3n) is 3.55. The molecular formula is C19H24N4O4. The number of hydrogen-bond acceptors (Lipinski definition) is 7. The largest absolute Gasteiger partial charge is 0.462 e. The van der Waals surface area contributed by atoms with E-state index >= 15 is 0 Å². The maximum absolute atomic E-state index is 12.2. The molecule has 2 aromatic rings. The summed E-state index contributed by atoms with van der Waals surface area (Å²) in [5, 5.41) is 5.84. The molecular weight excluding hydrogens is 348 g/mol. The molecule has 0 saturated heterocycles. The minimum atomic E-state index is -0.372. The van der Waals surface area contributed by atoms with E-state index in [9.17, 15) is 9.59 Å². The van der Waals surface area contributed by atoms with Gasteiger partial charge in [-0.15, -0.1) is 0 Å². The number of nitrogens with zero attached hydrogens (tertiary/aromatic N) is 2.